The lowest BCUT2D eigenvalue weighted by molar-refractivity contribution is 0.0285. The predicted octanol–water partition coefficient (Wildman–Crippen LogP) is 4.84. The SMILES string of the molecule is C[C@@H]1CCc2sc(C(=O)O[C@@H](C)c3nnc(-c4ccccc4)o3)cc2C1. The highest BCUT2D eigenvalue weighted by atomic mass is 32.1. The van der Waals surface area contributed by atoms with Crippen LogP contribution in [0.4, 0.5) is 0 Å². The number of carbonyl (C=O) groups excluding carboxylic acids is 1. The summed E-state index contributed by atoms with van der Waals surface area (Å²) in [4.78, 5) is 14.5. The molecule has 3 aromatic rings. The minimum absolute atomic E-state index is 0.298. The minimum Gasteiger partial charge on any atom is -0.448 e. The van der Waals surface area contributed by atoms with E-state index in [0.717, 1.165) is 18.4 Å². The topological polar surface area (TPSA) is 65.2 Å². The second kappa shape index (κ2) is 7.03. The number of hydrogen-bond acceptors (Lipinski definition) is 6. The summed E-state index contributed by atoms with van der Waals surface area (Å²) in [6, 6.07) is 11.5. The summed E-state index contributed by atoms with van der Waals surface area (Å²) in [6.45, 7) is 4.00. The molecule has 2 atom stereocenters. The fourth-order valence-electron chi connectivity index (χ4n) is 3.17. The number of thiophene rings is 1. The first-order chi connectivity index (χ1) is 12.6. The summed E-state index contributed by atoms with van der Waals surface area (Å²) in [5.74, 6) is 1.06. The van der Waals surface area contributed by atoms with Gasteiger partial charge >= 0.3 is 5.97 Å². The van der Waals surface area contributed by atoms with Gasteiger partial charge in [0.2, 0.25) is 5.89 Å². The molecule has 0 unspecified atom stereocenters. The van der Waals surface area contributed by atoms with Crippen LogP contribution in [0.15, 0.2) is 40.8 Å². The molecule has 2 heterocycles. The first-order valence-corrected chi connectivity index (χ1v) is 9.63. The quantitative estimate of drug-likeness (QED) is 0.617. The Balaban J connectivity index is 1.46. The zero-order valence-electron chi connectivity index (χ0n) is 14.8. The minimum atomic E-state index is -0.592. The maximum absolute atomic E-state index is 12.5. The molecule has 0 fully saturated rings. The molecule has 5 nitrogen and oxygen atoms in total. The van der Waals surface area contributed by atoms with E-state index in [0.29, 0.717) is 22.6 Å². The number of rotatable bonds is 4. The fraction of sp³-hybridized carbons (Fsp3) is 0.350. The second-order valence-corrected chi connectivity index (χ2v) is 7.90. The molecular weight excluding hydrogens is 348 g/mol. The predicted molar refractivity (Wildman–Crippen MR) is 99.1 cm³/mol. The molecule has 134 valence electrons. The van der Waals surface area contributed by atoms with Crippen LogP contribution in [0.1, 0.15) is 52.4 Å². The van der Waals surface area contributed by atoms with Crippen molar-refractivity contribution >= 4 is 17.3 Å². The summed E-state index contributed by atoms with van der Waals surface area (Å²) >= 11 is 1.54. The van der Waals surface area contributed by atoms with Crippen LogP contribution in [0.3, 0.4) is 0 Å². The van der Waals surface area contributed by atoms with Crippen LogP contribution in [0.2, 0.25) is 0 Å². The van der Waals surface area contributed by atoms with Gasteiger partial charge in [-0.15, -0.1) is 21.5 Å². The standard InChI is InChI=1S/C20H20N2O3S/c1-12-8-9-16-15(10-12)11-17(26-16)20(23)24-13(2)18-21-22-19(25-18)14-6-4-3-5-7-14/h3-7,11-13H,8-10H2,1-2H3/t12-,13+/m1/s1. The van der Waals surface area contributed by atoms with E-state index in [1.54, 1.807) is 18.3 Å². The number of aryl methyl sites for hydroxylation is 1. The lowest BCUT2D eigenvalue weighted by atomic mass is 9.90. The summed E-state index contributed by atoms with van der Waals surface area (Å²) in [5, 5.41) is 8.07. The highest BCUT2D eigenvalue weighted by Crippen LogP contribution is 2.33. The van der Waals surface area contributed by atoms with Crippen molar-refractivity contribution in [1.29, 1.82) is 0 Å². The number of aromatic nitrogens is 2. The van der Waals surface area contributed by atoms with Crippen LogP contribution in [-0.4, -0.2) is 16.2 Å². The van der Waals surface area contributed by atoms with E-state index in [4.69, 9.17) is 9.15 Å². The van der Waals surface area contributed by atoms with Gasteiger partial charge < -0.3 is 9.15 Å². The van der Waals surface area contributed by atoms with Gasteiger partial charge in [0, 0.05) is 10.4 Å². The summed E-state index contributed by atoms with van der Waals surface area (Å²) in [6.07, 6.45) is 2.68. The van der Waals surface area contributed by atoms with E-state index in [1.807, 2.05) is 36.4 Å². The number of carbonyl (C=O) groups is 1. The fourth-order valence-corrected chi connectivity index (χ4v) is 4.26. The molecule has 0 saturated heterocycles. The van der Waals surface area contributed by atoms with E-state index in [1.165, 1.54) is 16.9 Å². The maximum Gasteiger partial charge on any atom is 0.349 e. The van der Waals surface area contributed by atoms with Crippen molar-refractivity contribution < 1.29 is 13.9 Å². The van der Waals surface area contributed by atoms with Crippen molar-refractivity contribution in [2.45, 2.75) is 39.2 Å². The number of benzene rings is 1. The van der Waals surface area contributed by atoms with Gasteiger partial charge in [-0.2, -0.15) is 0 Å². The molecule has 1 aliphatic rings. The Morgan fingerprint density at radius 1 is 1.31 bits per heavy atom. The first kappa shape index (κ1) is 17.0. The molecule has 4 rings (SSSR count). The zero-order chi connectivity index (χ0) is 18.1. The molecule has 1 aliphatic carbocycles. The van der Waals surface area contributed by atoms with Gasteiger partial charge in [-0.25, -0.2) is 4.79 Å². The number of ether oxygens (including phenoxy) is 1. The van der Waals surface area contributed by atoms with Crippen LogP contribution in [0.25, 0.3) is 11.5 Å². The van der Waals surface area contributed by atoms with E-state index in [9.17, 15) is 4.79 Å². The van der Waals surface area contributed by atoms with Crippen LogP contribution >= 0.6 is 11.3 Å². The number of fused-ring (bicyclic) bond motifs is 1. The third-order valence-electron chi connectivity index (χ3n) is 4.62. The van der Waals surface area contributed by atoms with E-state index < -0.39 is 6.10 Å². The smallest absolute Gasteiger partial charge is 0.349 e. The highest BCUT2D eigenvalue weighted by molar-refractivity contribution is 7.14. The van der Waals surface area contributed by atoms with E-state index >= 15 is 0 Å². The zero-order valence-corrected chi connectivity index (χ0v) is 15.6. The largest absolute Gasteiger partial charge is 0.448 e. The molecule has 0 amide bonds. The maximum atomic E-state index is 12.5. The summed E-state index contributed by atoms with van der Waals surface area (Å²) in [5.41, 5.74) is 2.13. The Hall–Kier alpha value is -2.47. The van der Waals surface area contributed by atoms with E-state index in [-0.39, 0.29) is 5.97 Å². The van der Waals surface area contributed by atoms with Gasteiger partial charge in [0.25, 0.3) is 5.89 Å². The Kier molecular flexibility index (Phi) is 4.59. The Labute approximate surface area is 156 Å². The molecule has 0 bridgehead atoms. The van der Waals surface area contributed by atoms with Gasteiger partial charge in [0.05, 0.1) is 0 Å². The lowest BCUT2D eigenvalue weighted by Crippen LogP contribution is -2.08. The number of hydrogen-bond donors (Lipinski definition) is 0. The molecule has 0 N–H and O–H groups in total. The van der Waals surface area contributed by atoms with Gasteiger partial charge in [0.1, 0.15) is 4.88 Å². The van der Waals surface area contributed by atoms with Crippen molar-refractivity contribution in [2.24, 2.45) is 5.92 Å². The van der Waals surface area contributed by atoms with Crippen molar-refractivity contribution in [3.63, 3.8) is 0 Å². The Morgan fingerprint density at radius 2 is 2.12 bits per heavy atom. The van der Waals surface area contributed by atoms with Gasteiger partial charge in [-0.1, -0.05) is 25.1 Å². The molecule has 26 heavy (non-hydrogen) atoms. The summed E-state index contributed by atoms with van der Waals surface area (Å²) in [7, 11) is 0. The third kappa shape index (κ3) is 3.42. The molecule has 0 aliphatic heterocycles. The van der Waals surface area contributed by atoms with Crippen LogP contribution < -0.4 is 0 Å². The molecule has 0 radical (unpaired) electrons. The number of nitrogens with zero attached hydrogens (tertiary/aromatic N) is 2. The molecule has 0 spiro atoms. The van der Waals surface area contributed by atoms with E-state index in [2.05, 4.69) is 17.1 Å². The Morgan fingerprint density at radius 3 is 2.92 bits per heavy atom. The van der Waals surface area contributed by atoms with Crippen LogP contribution in [0, 0.1) is 5.92 Å². The summed E-state index contributed by atoms with van der Waals surface area (Å²) < 4.78 is 11.2. The molecule has 6 heteroatoms. The normalized spacial score (nSPS) is 17.5. The van der Waals surface area contributed by atoms with Crippen molar-refractivity contribution in [3.8, 4) is 11.5 Å². The monoisotopic (exact) mass is 368 g/mol. The highest BCUT2D eigenvalue weighted by Gasteiger charge is 2.24. The molecule has 0 saturated carbocycles. The molecule has 1 aromatic carbocycles. The molecule has 2 aromatic heterocycles. The van der Waals surface area contributed by atoms with Gasteiger partial charge in [0.15, 0.2) is 6.10 Å². The molecular formula is C20H20N2O3S. The lowest BCUT2D eigenvalue weighted by Gasteiger charge is -2.16. The average molecular weight is 368 g/mol. The van der Waals surface area contributed by atoms with Crippen molar-refractivity contribution in [3.05, 3.63) is 57.6 Å². The third-order valence-corrected chi connectivity index (χ3v) is 5.84. The van der Waals surface area contributed by atoms with Gasteiger partial charge in [-0.05, 0) is 55.9 Å². The van der Waals surface area contributed by atoms with Gasteiger partial charge in [-0.3, -0.25) is 0 Å². The van der Waals surface area contributed by atoms with Crippen LogP contribution in [0.5, 0.6) is 0 Å². The van der Waals surface area contributed by atoms with Crippen LogP contribution in [-0.2, 0) is 17.6 Å². The van der Waals surface area contributed by atoms with Crippen molar-refractivity contribution in [1.82, 2.24) is 10.2 Å². The first-order valence-electron chi connectivity index (χ1n) is 8.81. The number of esters is 1. The second-order valence-electron chi connectivity index (χ2n) is 6.77. The van der Waals surface area contributed by atoms with Crippen molar-refractivity contribution in [2.75, 3.05) is 0 Å². The Bertz CT molecular complexity index is 916. The average Bonchev–Trinajstić information content (AvgIpc) is 3.29.